The van der Waals surface area contributed by atoms with Crippen LogP contribution in [-0.2, 0) is 4.74 Å². The van der Waals surface area contributed by atoms with Crippen LogP contribution in [0.4, 0.5) is 14.9 Å². The third-order valence-electron chi connectivity index (χ3n) is 4.21. The Balaban J connectivity index is 1.84. The number of hydrogen-bond donors (Lipinski definition) is 1. The van der Waals surface area contributed by atoms with E-state index in [0.717, 1.165) is 11.5 Å². The van der Waals surface area contributed by atoms with Gasteiger partial charge in [0.25, 0.3) is 0 Å². The Labute approximate surface area is 176 Å². The molecule has 0 aliphatic carbocycles. The molecule has 8 heteroatoms. The van der Waals surface area contributed by atoms with Gasteiger partial charge in [-0.15, -0.1) is 0 Å². The van der Waals surface area contributed by atoms with Crippen LogP contribution in [0.1, 0.15) is 29.8 Å². The van der Waals surface area contributed by atoms with E-state index in [1.54, 1.807) is 45.0 Å². The van der Waals surface area contributed by atoms with Crippen molar-refractivity contribution in [3.05, 3.63) is 69.1 Å². The van der Waals surface area contributed by atoms with Gasteiger partial charge in [0, 0.05) is 21.2 Å². The van der Waals surface area contributed by atoms with E-state index in [9.17, 15) is 9.18 Å². The Hall–Kier alpha value is -2.15. The number of aryl methyl sites for hydroxylation is 2. The summed E-state index contributed by atoms with van der Waals surface area (Å²) in [6, 6.07) is 10.0. The lowest BCUT2D eigenvalue weighted by Crippen LogP contribution is -2.17. The highest BCUT2D eigenvalue weighted by Crippen LogP contribution is 2.40. The van der Waals surface area contributed by atoms with Gasteiger partial charge in [0.15, 0.2) is 0 Å². The Morgan fingerprint density at radius 1 is 1.21 bits per heavy atom. The molecule has 0 saturated carbocycles. The first-order chi connectivity index (χ1) is 13.3. The van der Waals surface area contributed by atoms with Crippen LogP contribution in [0.25, 0.3) is 10.4 Å². The topological polar surface area (TPSA) is 51.2 Å². The first-order valence-corrected chi connectivity index (χ1v) is 9.95. The Morgan fingerprint density at radius 2 is 1.93 bits per heavy atom. The van der Waals surface area contributed by atoms with E-state index in [1.807, 2.05) is 6.07 Å². The number of amides is 1. The van der Waals surface area contributed by atoms with Crippen molar-refractivity contribution in [2.45, 2.75) is 26.9 Å². The SMILES string of the molecule is Cc1cc(Cl)c(-c2snc(C)c2NC(=O)OC(C)c2ccccc2Cl)cc1F. The van der Waals surface area contributed by atoms with Crippen LogP contribution in [0.2, 0.25) is 10.0 Å². The molecule has 1 heterocycles. The van der Waals surface area contributed by atoms with E-state index >= 15 is 0 Å². The molecule has 0 spiro atoms. The maximum atomic E-state index is 14.0. The number of nitrogens with one attached hydrogen (secondary N) is 1. The van der Waals surface area contributed by atoms with Gasteiger partial charge in [0.05, 0.1) is 16.3 Å². The number of hydrogen-bond acceptors (Lipinski definition) is 4. The lowest BCUT2D eigenvalue weighted by Gasteiger charge is -2.16. The fourth-order valence-electron chi connectivity index (χ4n) is 2.68. The number of benzene rings is 2. The second-order valence-electron chi connectivity index (χ2n) is 6.25. The summed E-state index contributed by atoms with van der Waals surface area (Å²) in [5.41, 5.74) is 2.62. The predicted octanol–water partition coefficient (Wildman–Crippen LogP) is 7.18. The van der Waals surface area contributed by atoms with Crippen molar-refractivity contribution in [1.82, 2.24) is 4.37 Å². The van der Waals surface area contributed by atoms with Crippen molar-refractivity contribution in [3.8, 4) is 10.4 Å². The molecule has 3 aromatic rings. The molecule has 28 heavy (non-hydrogen) atoms. The van der Waals surface area contributed by atoms with E-state index in [1.165, 1.54) is 6.07 Å². The van der Waals surface area contributed by atoms with E-state index < -0.39 is 12.2 Å². The van der Waals surface area contributed by atoms with Crippen molar-refractivity contribution >= 4 is 46.5 Å². The van der Waals surface area contributed by atoms with E-state index in [-0.39, 0.29) is 5.82 Å². The van der Waals surface area contributed by atoms with Crippen LogP contribution in [0.5, 0.6) is 0 Å². The smallest absolute Gasteiger partial charge is 0.412 e. The zero-order valence-corrected chi connectivity index (χ0v) is 17.7. The average Bonchev–Trinajstić information content (AvgIpc) is 2.99. The van der Waals surface area contributed by atoms with Crippen molar-refractivity contribution in [2.75, 3.05) is 5.32 Å². The summed E-state index contributed by atoms with van der Waals surface area (Å²) in [5, 5.41) is 3.59. The molecule has 1 N–H and O–H groups in total. The van der Waals surface area contributed by atoms with Crippen LogP contribution < -0.4 is 5.32 Å². The van der Waals surface area contributed by atoms with Crippen LogP contribution in [0.15, 0.2) is 36.4 Å². The van der Waals surface area contributed by atoms with Crippen molar-refractivity contribution in [2.24, 2.45) is 0 Å². The van der Waals surface area contributed by atoms with Crippen molar-refractivity contribution < 1.29 is 13.9 Å². The van der Waals surface area contributed by atoms with Gasteiger partial charge in [-0.25, -0.2) is 9.18 Å². The highest BCUT2D eigenvalue weighted by molar-refractivity contribution is 7.10. The number of rotatable bonds is 4. The minimum atomic E-state index is -0.666. The first-order valence-electron chi connectivity index (χ1n) is 8.42. The number of carbonyl (C=O) groups excluding carboxylic acids is 1. The minimum Gasteiger partial charge on any atom is -0.441 e. The standard InChI is InChI=1S/C20H17Cl2FN2O2S/c1-10-8-16(22)14(9-17(10)23)19-18(11(2)25-28-19)24-20(26)27-12(3)13-6-4-5-7-15(13)21/h4-9,12H,1-3H3,(H,24,26). The molecule has 0 aliphatic heterocycles. The number of ether oxygens (including phenoxy) is 1. The van der Waals surface area contributed by atoms with Crippen LogP contribution in [0.3, 0.4) is 0 Å². The first kappa shape index (κ1) is 20.6. The van der Waals surface area contributed by atoms with Gasteiger partial charge < -0.3 is 4.74 Å². The van der Waals surface area contributed by atoms with Gasteiger partial charge in [-0.2, -0.15) is 4.37 Å². The normalized spacial score (nSPS) is 11.9. The van der Waals surface area contributed by atoms with E-state index in [4.69, 9.17) is 27.9 Å². The molecule has 0 radical (unpaired) electrons. The number of carbonyl (C=O) groups is 1. The fraction of sp³-hybridized carbons (Fsp3) is 0.200. The molecule has 1 amide bonds. The van der Waals surface area contributed by atoms with Crippen LogP contribution >= 0.6 is 34.7 Å². The molecule has 0 fully saturated rings. The van der Waals surface area contributed by atoms with Gasteiger partial charge in [0.2, 0.25) is 0 Å². The van der Waals surface area contributed by atoms with Crippen LogP contribution in [0, 0.1) is 19.7 Å². The molecule has 0 aliphatic rings. The van der Waals surface area contributed by atoms with Gasteiger partial charge in [-0.05, 0) is 56.1 Å². The second-order valence-corrected chi connectivity index (χ2v) is 7.84. The van der Waals surface area contributed by atoms with Gasteiger partial charge in [-0.1, -0.05) is 41.4 Å². The number of anilines is 1. The zero-order chi connectivity index (χ0) is 20.4. The summed E-state index contributed by atoms with van der Waals surface area (Å²) in [4.78, 5) is 13.0. The lowest BCUT2D eigenvalue weighted by atomic mass is 10.1. The molecule has 4 nitrogen and oxygen atoms in total. The highest BCUT2D eigenvalue weighted by Gasteiger charge is 2.21. The zero-order valence-electron chi connectivity index (χ0n) is 15.3. The molecule has 1 aromatic heterocycles. The Bertz CT molecular complexity index is 1040. The summed E-state index contributed by atoms with van der Waals surface area (Å²) < 4.78 is 23.7. The number of nitrogens with zero attached hydrogens (tertiary/aromatic N) is 1. The Morgan fingerprint density at radius 3 is 2.64 bits per heavy atom. The summed E-state index contributed by atoms with van der Waals surface area (Å²) in [6.07, 6.45) is -1.22. The van der Waals surface area contributed by atoms with Crippen molar-refractivity contribution in [3.63, 3.8) is 0 Å². The van der Waals surface area contributed by atoms with Crippen molar-refractivity contribution in [1.29, 1.82) is 0 Å². The molecular formula is C20H17Cl2FN2O2S. The lowest BCUT2D eigenvalue weighted by molar-refractivity contribution is 0.121. The molecule has 1 unspecified atom stereocenters. The minimum absolute atomic E-state index is 0.378. The molecule has 1 atom stereocenters. The van der Waals surface area contributed by atoms with Crippen LogP contribution in [-0.4, -0.2) is 10.5 Å². The van der Waals surface area contributed by atoms with Gasteiger partial charge in [0.1, 0.15) is 11.9 Å². The summed E-state index contributed by atoms with van der Waals surface area (Å²) in [6.45, 7) is 5.10. The maximum absolute atomic E-state index is 14.0. The Kier molecular flexibility index (Phi) is 6.23. The molecule has 0 saturated heterocycles. The third kappa shape index (κ3) is 4.29. The molecular weight excluding hydrogens is 422 g/mol. The molecule has 3 rings (SSSR count). The summed E-state index contributed by atoms with van der Waals surface area (Å²) in [7, 11) is 0. The van der Waals surface area contributed by atoms with Gasteiger partial charge >= 0.3 is 6.09 Å². The second kappa shape index (κ2) is 8.47. The fourth-order valence-corrected chi connectivity index (χ4v) is 4.22. The molecule has 0 bridgehead atoms. The predicted molar refractivity (Wildman–Crippen MR) is 112 cm³/mol. The van der Waals surface area contributed by atoms with E-state index in [2.05, 4.69) is 9.69 Å². The molecule has 2 aromatic carbocycles. The number of aromatic nitrogens is 1. The van der Waals surface area contributed by atoms with Gasteiger partial charge in [-0.3, -0.25) is 5.32 Å². The largest absolute Gasteiger partial charge is 0.441 e. The highest BCUT2D eigenvalue weighted by atomic mass is 35.5. The third-order valence-corrected chi connectivity index (χ3v) is 5.84. The number of halogens is 3. The monoisotopic (exact) mass is 438 g/mol. The average molecular weight is 439 g/mol. The molecule has 146 valence electrons. The van der Waals surface area contributed by atoms with E-state index in [0.29, 0.717) is 43.0 Å². The summed E-state index contributed by atoms with van der Waals surface area (Å²) in [5.74, 6) is -0.383. The maximum Gasteiger partial charge on any atom is 0.412 e. The quantitative estimate of drug-likeness (QED) is 0.468. The summed E-state index contributed by atoms with van der Waals surface area (Å²) >= 11 is 13.6.